The Morgan fingerprint density at radius 1 is 0.667 bits per heavy atom. The van der Waals surface area contributed by atoms with Crippen LogP contribution in [0.4, 0.5) is 0 Å². The number of unbranched alkanes of at least 4 members (excludes halogenated alkanes) is 3. The molecule has 0 aromatic heterocycles. The van der Waals surface area contributed by atoms with Crippen LogP contribution in [0.25, 0.3) is 0 Å². The smallest absolute Gasteiger partial charge is 0.0718 e. The standard InChI is InChI=1S/C17H27BrO3/c18-10-6-1-2-7-11-19-12-13-20-14-15-21-16-17-8-4-3-5-9-17/h3-5,8-9H,1-2,6-7,10-16H2. The number of alkyl halides is 1. The summed E-state index contributed by atoms with van der Waals surface area (Å²) in [6, 6.07) is 10.2. The Bertz CT molecular complexity index is 319. The van der Waals surface area contributed by atoms with Gasteiger partial charge >= 0.3 is 0 Å². The van der Waals surface area contributed by atoms with E-state index < -0.39 is 0 Å². The van der Waals surface area contributed by atoms with Gasteiger partial charge in [-0.25, -0.2) is 0 Å². The van der Waals surface area contributed by atoms with Crippen molar-refractivity contribution < 1.29 is 14.2 Å². The van der Waals surface area contributed by atoms with Crippen molar-refractivity contribution in [2.45, 2.75) is 32.3 Å². The molecule has 0 unspecified atom stereocenters. The van der Waals surface area contributed by atoms with Crippen LogP contribution in [0.5, 0.6) is 0 Å². The fourth-order valence-electron chi connectivity index (χ4n) is 1.86. The minimum absolute atomic E-state index is 0.626. The first-order valence-corrected chi connectivity index (χ1v) is 8.89. The lowest BCUT2D eigenvalue weighted by Crippen LogP contribution is -2.09. The van der Waals surface area contributed by atoms with Crippen molar-refractivity contribution in [2.24, 2.45) is 0 Å². The second-order valence-corrected chi connectivity index (χ2v) is 5.66. The van der Waals surface area contributed by atoms with Crippen molar-refractivity contribution in [2.75, 3.05) is 38.4 Å². The molecule has 4 heteroatoms. The monoisotopic (exact) mass is 358 g/mol. The van der Waals surface area contributed by atoms with E-state index in [2.05, 4.69) is 28.1 Å². The maximum Gasteiger partial charge on any atom is 0.0718 e. The molecule has 21 heavy (non-hydrogen) atoms. The third-order valence-electron chi connectivity index (χ3n) is 3.03. The van der Waals surface area contributed by atoms with Crippen molar-refractivity contribution in [1.29, 1.82) is 0 Å². The summed E-state index contributed by atoms with van der Waals surface area (Å²) in [6.45, 7) is 4.07. The highest BCUT2D eigenvalue weighted by Gasteiger charge is 1.94. The van der Waals surface area contributed by atoms with Crippen LogP contribution in [0.3, 0.4) is 0 Å². The quantitative estimate of drug-likeness (QED) is 0.368. The molecule has 0 N–H and O–H groups in total. The van der Waals surface area contributed by atoms with Gasteiger partial charge in [0.05, 0.1) is 33.0 Å². The minimum atomic E-state index is 0.626. The molecule has 0 aliphatic rings. The van der Waals surface area contributed by atoms with Crippen LogP contribution >= 0.6 is 15.9 Å². The molecule has 0 saturated heterocycles. The van der Waals surface area contributed by atoms with E-state index in [-0.39, 0.29) is 0 Å². The number of halogens is 1. The van der Waals surface area contributed by atoms with Gasteiger partial charge in [-0.2, -0.15) is 0 Å². The molecule has 0 fully saturated rings. The maximum atomic E-state index is 5.53. The van der Waals surface area contributed by atoms with Crippen LogP contribution in [0.2, 0.25) is 0 Å². The van der Waals surface area contributed by atoms with E-state index >= 15 is 0 Å². The highest BCUT2D eigenvalue weighted by molar-refractivity contribution is 9.09. The predicted molar refractivity (Wildman–Crippen MR) is 90.0 cm³/mol. The lowest BCUT2D eigenvalue weighted by Gasteiger charge is -2.07. The van der Waals surface area contributed by atoms with Gasteiger partial charge < -0.3 is 14.2 Å². The molecule has 1 rings (SSSR count). The predicted octanol–water partition coefficient (Wildman–Crippen LogP) is 4.19. The second-order valence-electron chi connectivity index (χ2n) is 4.87. The Kier molecular flexibility index (Phi) is 12.9. The van der Waals surface area contributed by atoms with Crippen LogP contribution in [-0.2, 0) is 20.8 Å². The Morgan fingerprint density at radius 2 is 1.29 bits per heavy atom. The van der Waals surface area contributed by atoms with Gasteiger partial charge in [0.2, 0.25) is 0 Å². The van der Waals surface area contributed by atoms with E-state index in [4.69, 9.17) is 14.2 Å². The topological polar surface area (TPSA) is 27.7 Å². The van der Waals surface area contributed by atoms with E-state index in [9.17, 15) is 0 Å². The molecule has 0 radical (unpaired) electrons. The first-order chi connectivity index (χ1) is 10.4. The summed E-state index contributed by atoms with van der Waals surface area (Å²) in [4.78, 5) is 0. The lowest BCUT2D eigenvalue weighted by atomic mass is 10.2. The first kappa shape index (κ1) is 18.6. The number of hydrogen-bond donors (Lipinski definition) is 0. The van der Waals surface area contributed by atoms with Gasteiger partial charge in [0.15, 0.2) is 0 Å². The molecule has 0 amide bonds. The van der Waals surface area contributed by atoms with Crippen molar-refractivity contribution in [1.82, 2.24) is 0 Å². The molecule has 1 aromatic carbocycles. The van der Waals surface area contributed by atoms with E-state index in [1.807, 2.05) is 18.2 Å². The summed E-state index contributed by atoms with van der Waals surface area (Å²) in [5, 5.41) is 1.11. The van der Waals surface area contributed by atoms with Crippen LogP contribution < -0.4 is 0 Å². The third kappa shape index (κ3) is 11.9. The zero-order chi connectivity index (χ0) is 15.0. The third-order valence-corrected chi connectivity index (χ3v) is 3.59. The zero-order valence-corrected chi connectivity index (χ0v) is 14.4. The second kappa shape index (κ2) is 14.5. The number of hydrogen-bond acceptors (Lipinski definition) is 3. The fraction of sp³-hybridized carbons (Fsp3) is 0.647. The molecule has 0 heterocycles. The van der Waals surface area contributed by atoms with Gasteiger partial charge in [0, 0.05) is 11.9 Å². The number of rotatable bonds is 14. The largest absolute Gasteiger partial charge is 0.379 e. The molecule has 0 spiro atoms. The molecule has 0 bridgehead atoms. The molecule has 3 nitrogen and oxygen atoms in total. The highest BCUT2D eigenvalue weighted by Crippen LogP contribution is 2.02. The van der Waals surface area contributed by atoms with Crippen LogP contribution in [0, 0.1) is 0 Å². The van der Waals surface area contributed by atoms with E-state index in [0.717, 1.165) is 18.4 Å². The Balaban J connectivity index is 1.75. The first-order valence-electron chi connectivity index (χ1n) is 7.76. The van der Waals surface area contributed by atoms with Crippen molar-refractivity contribution >= 4 is 15.9 Å². The lowest BCUT2D eigenvalue weighted by molar-refractivity contribution is 0.0100. The molecule has 0 aliphatic heterocycles. The van der Waals surface area contributed by atoms with Crippen LogP contribution in [0.15, 0.2) is 30.3 Å². The van der Waals surface area contributed by atoms with Gasteiger partial charge in [-0.05, 0) is 18.4 Å². The summed E-state index contributed by atoms with van der Waals surface area (Å²) in [5.41, 5.74) is 1.20. The summed E-state index contributed by atoms with van der Waals surface area (Å²) in [6.07, 6.45) is 4.93. The molecular weight excluding hydrogens is 332 g/mol. The SMILES string of the molecule is BrCCCCCCOCCOCCOCc1ccccc1. The Morgan fingerprint density at radius 3 is 2.00 bits per heavy atom. The summed E-state index contributed by atoms with van der Waals surface area (Å²) >= 11 is 3.43. The van der Waals surface area contributed by atoms with Gasteiger partial charge in [-0.3, -0.25) is 0 Å². The minimum Gasteiger partial charge on any atom is -0.379 e. The van der Waals surface area contributed by atoms with E-state index in [1.54, 1.807) is 0 Å². The molecule has 120 valence electrons. The highest BCUT2D eigenvalue weighted by atomic mass is 79.9. The van der Waals surface area contributed by atoms with Crippen LogP contribution in [0.1, 0.15) is 31.2 Å². The summed E-state index contributed by atoms with van der Waals surface area (Å²) < 4.78 is 16.5. The molecule has 1 aromatic rings. The van der Waals surface area contributed by atoms with Gasteiger partial charge in [-0.1, -0.05) is 59.1 Å². The normalized spacial score (nSPS) is 10.9. The molecule has 0 atom stereocenters. The van der Waals surface area contributed by atoms with Crippen molar-refractivity contribution in [3.63, 3.8) is 0 Å². The van der Waals surface area contributed by atoms with Crippen molar-refractivity contribution in [3.8, 4) is 0 Å². The molecule has 0 saturated carbocycles. The number of benzene rings is 1. The van der Waals surface area contributed by atoms with Gasteiger partial charge in [-0.15, -0.1) is 0 Å². The zero-order valence-electron chi connectivity index (χ0n) is 12.8. The average molecular weight is 359 g/mol. The van der Waals surface area contributed by atoms with Crippen LogP contribution in [-0.4, -0.2) is 38.4 Å². The fourth-order valence-corrected chi connectivity index (χ4v) is 2.25. The maximum absolute atomic E-state index is 5.53. The number of ether oxygens (including phenoxy) is 3. The molecular formula is C17H27BrO3. The van der Waals surface area contributed by atoms with Crippen molar-refractivity contribution in [3.05, 3.63) is 35.9 Å². The molecule has 0 aliphatic carbocycles. The Labute approximate surface area is 137 Å². The van der Waals surface area contributed by atoms with E-state index in [1.165, 1.54) is 24.8 Å². The summed E-state index contributed by atoms with van der Waals surface area (Å²) in [7, 11) is 0. The van der Waals surface area contributed by atoms with Gasteiger partial charge in [0.1, 0.15) is 0 Å². The van der Waals surface area contributed by atoms with E-state index in [0.29, 0.717) is 33.0 Å². The summed E-state index contributed by atoms with van der Waals surface area (Å²) in [5.74, 6) is 0. The Hall–Kier alpha value is -0.420. The average Bonchev–Trinajstić information content (AvgIpc) is 2.53. The van der Waals surface area contributed by atoms with Gasteiger partial charge in [0.25, 0.3) is 0 Å².